The van der Waals surface area contributed by atoms with Gasteiger partial charge in [-0.2, -0.15) is 23.4 Å². The van der Waals surface area contributed by atoms with Crippen molar-refractivity contribution >= 4 is 17.3 Å². The van der Waals surface area contributed by atoms with Crippen molar-refractivity contribution < 1.29 is 18.0 Å². The summed E-state index contributed by atoms with van der Waals surface area (Å²) in [6.45, 7) is 0. The van der Waals surface area contributed by atoms with E-state index in [2.05, 4.69) is 20.7 Å². The summed E-state index contributed by atoms with van der Waals surface area (Å²) in [5.74, 6) is -1.51. The van der Waals surface area contributed by atoms with E-state index in [1.54, 1.807) is 0 Å². The van der Waals surface area contributed by atoms with Gasteiger partial charge in [-0.05, 0) is 11.6 Å². The lowest BCUT2D eigenvalue weighted by Crippen LogP contribution is -2.23. The molecule has 2 aromatic rings. The summed E-state index contributed by atoms with van der Waals surface area (Å²) < 4.78 is 38.5. The summed E-state index contributed by atoms with van der Waals surface area (Å²) >= 11 is 0. The normalized spacial score (nSPS) is 18.2. The number of hydrogen-bond donors (Lipinski definition) is 3. The van der Waals surface area contributed by atoms with Crippen LogP contribution in [0.25, 0.3) is 0 Å². The number of carbonyl (C=O) groups excluding carboxylic acids is 1. The van der Waals surface area contributed by atoms with E-state index in [0.717, 1.165) is 12.1 Å². The molecule has 1 atom stereocenters. The first kappa shape index (κ1) is 14.1. The van der Waals surface area contributed by atoms with Crippen LogP contribution in [-0.2, 0) is 11.0 Å². The highest BCUT2D eigenvalue weighted by Gasteiger charge is 2.36. The highest BCUT2D eigenvalue weighted by atomic mass is 19.4. The van der Waals surface area contributed by atoms with Crippen molar-refractivity contribution in [3.63, 3.8) is 0 Å². The Morgan fingerprint density at radius 1 is 1.27 bits per heavy atom. The fourth-order valence-corrected chi connectivity index (χ4v) is 2.27. The summed E-state index contributed by atoms with van der Waals surface area (Å²) in [4.78, 5) is 12.0. The van der Waals surface area contributed by atoms with Gasteiger partial charge in [-0.15, -0.1) is 0 Å². The molecule has 114 valence electrons. The van der Waals surface area contributed by atoms with Crippen LogP contribution in [0.4, 0.5) is 18.9 Å². The number of nitrogens with two attached hydrogens (primary N) is 1. The summed E-state index contributed by atoms with van der Waals surface area (Å²) in [5, 5.41) is 10.2. The standard InChI is InChI=1S/C13H10F3N5O/c14-13(15,16)7-3-1-2-6(4-7)9-11(20-21-12(9)22)10-8(17)5-18-19-10/h1-5,9H,17H2,(H,18,19)(H,21,22). The molecule has 1 aliphatic heterocycles. The van der Waals surface area contributed by atoms with Gasteiger partial charge in [0.1, 0.15) is 17.3 Å². The lowest BCUT2D eigenvalue weighted by molar-refractivity contribution is -0.137. The summed E-state index contributed by atoms with van der Waals surface area (Å²) in [6, 6.07) is 4.56. The number of nitrogens with zero attached hydrogens (tertiary/aromatic N) is 2. The molecule has 22 heavy (non-hydrogen) atoms. The lowest BCUT2D eigenvalue weighted by atomic mass is 9.91. The third-order valence-corrected chi connectivity index (χ3v) is 3.29. The van der Waals surface area contributed by atoms with Gasteiger partial charge in [-0.25, -0.2) is 5.43 Å². The Labute approximate surface area is 122 Å². The first-order chi connectivity index (χ1) is 10.4. The van der Waals surface area contributed by atoms with Gasteiger partial charge in [0.15, 0.2) is 0 Å². The molecule has 0 radical (unpaired) electrons. The molecule has 0 saturated carbocycles. The molecule has 1 aromatic heterocycles. The summed E-state index contributed by atoms with van der Waals surface area (Å²) in [5.41, 5.74) is 8.09. The molecule has 3 rings (SSSR count). The minimum absolute atomic E-state index is 0.178. The number of hydrogen-bond acceptors (Lipinski definition) is 4. The van der Waals surface area contributed by atoms with E-state index < -0.39 is 23.6 Å². The summed E-state index contributed by atoms with van der Waals surface area (Å²) in [6.07, 6.45) is -3.15. The Kier molecular flexibility index (Phi) is 3.12. The van der Waals surface area contributed by atoms with E-state index in [4.69, 9.17) is 5.73 Å². The van der Waals surface area contributed by atoms with E-state index in [9.17, 15) is 18.0 Å². The molecule has 0 spiro atoms. The molecule has 2 heterocycles. The van der Waals surface area contributed by atoms with Gasteiger partial charge in [0.05, 0.1) is 17.4 Å². The van der Waals surface area contributed by atoms with Crippen LogP contribution >= 0.6 is 0 Å². The molecule has 9 heteroatoms. The molecule has 1 unspecified atom stereocenters. The van der Waals surface area contributed by atoms with Gasteiger partial charge < -0.3 is 5.73 Å². The zero-order valence-corrected chi connectivity index (χ0v) is 11.0. The van der Waals surface area contributed by atoms with E-state index >= 15 is 0 Å². The maximum Gasteiger partial charge on any atom is 0.416 e. The van der Waals surface area contributed by atoms with Gasteiger partial charge in [-0.3, -0.25) is 9.89 Å². The number of hydrazone groups is 1. The first-order valence-corrected chi connectivity index (χ1v) is 6.21. The number of anilines is 1. The number of nitrogen functional groups attached to an aromatic ring is 1. The smallest absolute Gasteiger partial charge is 0.396 e. The second kappa shape index (κ2) is 4.86. The molecule has 0 saturated heterocycles. The monoisotopic (exact) mass is 309 g/mol. The zero-order chi connectivity index (χ0) is 15.9. The second-order valence-corrected chi connectivity index (χ2v) is 4.73. The number of H-pyrrole nitrogens is 1. The molecule has 1 amide bonds. The van der Waals surface area contributed by atoms with Gasteiger partial charge in [-0.1, -0.05) is 18.2 Å². The predicted octanol–water partition coefficient (Wildman–Crippen LogP) is 1.63. The average Bonchev–Trinajstić information content (AvgIpc) is 3.03. The quantitative estimate of drug-likeness (QED) is 0.786. The number of amides is 1. The number of carbonyl (C=O) groups is 1. The fourth-order valence-electron chi connectivity index (χ4n) is 2.27. The number of alkyl halides is 3. The fraction of sp³-hybridized carbons (Fsp3) is 0.154. The number of rotatable bonds is 2. The number of benzene rings is 1. The number of aromatic amines is 1. The first-order valence-electron chi connectivity index (χ1n) is 6.21. The third kappa shape index (κ3) is 2.30. The Balaban J connectivity index is 2.05. The van der Waals surface area contributed by atoms with Gasteiger partial charge in [0.25, 0.3) is 5.91 Å². The van der Waals surface area contributed by atoms with Crippen LogP contribution in [-0.4, -0.2) is 21.8 Å². The largest absolute Gasteiger partial charge is 0.416 e. The van der Waals surface area contributed by atoms with Gasteiger partial charge in [0, 0.05) is 0 Å². The van der Waals surface area contributed by atoms with E-state index in [1.165, 1.54) is 18.3 Å². The number of nitrogens with one attached hydrogen (secondary N) is 2. The van der Waals surface area contributed by atoms with Crippen LogP contribution < -0.4 is 11.2 Å². The molecular formula is C13H10F3N5O. The number of halogens is 3. The molecule has 0 fully saturated rings. The van der Waals surface area contributed by atoms with Crippen LogP contribution in [0, 0.1) is 0 Å². The zero-order valence-electron chi connectivity index (χ0n) is 11.0. The SMILES string of the molecule is Nc1cn[nH]c1C1=NNC(=O)C1c1cccc(C(F)(F)F)c1. The van der Waals surface area contributed by atoms with Crippen molar-refractivity contribution in [1.82, 2.24) is 15.6 Å². The Morgan fingerprint density at radius 2 is 2.05 bits per heavy atom. The second-order valence-electron chi connectivity index (χ2n) is 4.73. The highest BCUT2D eigenvalue weighted by Crippen LogP contribution is 2.33. The van der Waals surface area contributed by atoms with Crippen molar-refractivity contribution in [2.75, 3.05) is 5.73 Å². The van der Waals surface area contributed by atoms with Crippen LogP contribution in [0.3, 0.4) is 0 Å². The maximum absolute atomic E-state index is 12.8. The van der Waals surface area contributed by atoms with E-state index in [1.807, 2.05) is 0 Å². The average molecular weight is 309 g/mol. The van der Waals surface area contributed by atoms with Crippen molar-refractivity contribution in [1.29, 1.82) is 0 Å². The van der Waals surface area contributed by atoms with Gasteiger partial charge >= 0.3 is 6.18 Å². The van der Waals surface area contributed by atoms with Crippen molar-refractivity contribution in [3.8, 4) is 0 Å². The van der Waals surface area contributed by atoms with Crippen LogP contribution in [0.1, 0.15) is 22.7 Å². The van der Waals surface area contributed by atoms with Crippen molar-refractivity contribution in [2.24, 2.45) is 5.10 Å². The predicted molar refractivity (Wildman–Crippen MR) is 71.9 cm³/mol. The van der Waals surface area contributed by atoms with Crippen LogP contribution in [0.2, 0.25) is 0 Å². The minimum atomic E-state index is -4.49. The van der Waals surface area contributed by atoms with E-state index in [0.29, 0.717) is 5.69 Å². The van der Waals surface area contributed by atoms with Crippen LogP contribution in [0.5, 0.6) is 0 Å². The van der Waals surface area contributed by atoms with Crippen LogP contribution in [0.15, 0.2) is 35.6 Å². The highest BCUT2D eigenvalue weighted by molar-refractivity contribution is 6.20. The minimum Gasteiger partial charge on any atom is -0.396 e. The van der Waals surface area contributed by atoms with Gasteiger partial charge in [0.2, 0.25) is 0 Å². The topological polar surface area (TPSA) is 96.2 Å². The lowest BCUT2D eigenvalue weighted by Gasteiger charge is -2.13. The molecule has 1 aromatic carbocycles. The molecule has 4 N–H and O–H groups in total. The Bertz CT molecular complexity index is 765. The van der Waals surface area contributed by atoms with Crippen molar-refractivity contribution in [2.45, 2.75) is 12.1 Å². The summed E-state index contributed by atoms with van der Waals surface area (Å²) in [7, 11) is 0. The number of aromatic nitrogens is 2. The van der Waals surface area contributed by atoms with Crippen molar-refractivity contribution in [3.05, 3.63) is 47.3 Å². The molecule has 6 nitrogen and oxygen atoms in total. The third-order valence-electron chi connectivity index (χ3n) is 3.29. The maximum atomic E-state index is 12.8. The molecule has 0 aliphatic carbocycles. The molecule has 0 bridgehead atoms. The Morgan fingerprint density at radius 3 is 2.68 bits per heavy atom. The van der Waals surface area contributed by atoms with E-state index in [-0.39, 0.29) is 17.0 Å². The molecular weight excluding hydrogens is 299 g/mol. The Hall–Kier alpha value is -2.84. The molecule has 1 aliphatic rings.